The first-order valence-corrected chi connectivity index (χ1v) is 12.2. The van der Waals surface area contributed by atoms with Gasteiger partial charge >= 0.3 is 5.97 Å². The van der Waals surface area contributed by atoms with Crippen LogP contribution in [0.2, 0.25) is 0 Å². The van der Waals surface area contributed by atoms with E-state index in [-0.39, 0.29) is 12.6 Å². The van der Waals surface area contributed by atoms with Crippen molar-refractivity contribution in [2.45, 2.75) is 53.1 Å². The summed E-state index contributed by atoms with van der Waals surface area (Å²) in [6.45, 7) is 10.5. The third kappa shape index (κ3) is 5.89. The highest BCUT2D eigenvalue weighted by atomic mass is 16.6. The molecule has 0 aliphatic carbocycles. The Balaban J connectivity index is 1.54. The van der Waals surface area contributed by atoms with Crippen molar-refractivity contribution in [3.63, 3.8) is 0 Å². The van der Waals surface area contributed by atoms with Crippen molar-refractivity contribution in [1.29, 1.82) is 0 Å². The lowest BCUT2D eigenvalue weighted by Crippen LogP contribution is -2.30. The quantitative estimate of drug-likeness (QED) is 0.406. The van der Waals surface area contributed by atoms with Crippen LogP contribution in [0.1, 0.15) is 43.1 Å². The monoisotopic (exact) mass is 465 g/mol. The van der Waals surface area contributed by atoms with Gasteiger partial charge in [0.25, 0.3) is 0 Å². The smallest absolute Gasteiger partial charge is 0.344 e. The highest BCUT2D eigenvalue weighted by molar-refractivity contribution is 5.78. The zero-order valence-electron chi connectivity index (χ0n) is 20.5. The minimum Gasteiger partial charge on any atom is -0.491 e. The van der Waals surface area contributed by atoms with E-state index in [0.717, 1.165) is 53.4 Å². The number of imidazole rings is 1. The summed E-state index contributed by atoms with van der Waals surface area (Å²) in [6, 6.07) is 12.0. The summed E-state index contributed by atoms with van der Waals surface area (Å²) in [5.41, 5.74) is 4.20. The molecule has 0 spiro atoms. The number of fused-ring (bicyclic) bond motifs is 1. The van der Waals surface area contributed by atoms with E-state index in [1.165, 1.54) is 19.3 Å². The Bertz CT molecular complexity index is 1100. The van der Waals surface area contributed by atoms with Crippen LogP contribution in [-0.2, 0) is 22.6 Å². The van der Waals surface area contributed by atoms with Gasteiger partial charge in [-0.05, 0) is 70.0 Å². The first-order chi connectivity index (χ1) is 16.5. The molecule has 0 amide bonds. The van der Waals surface area contributed by atoms with Crippen molar-refractivity contribution < 1.29 is 19.0 Å². The molecule has 1 aromatic heterocycles. The SMILES string of the molecule is CCOC(=O)COc1ccc2c(c1)nc(CN1CCCCC1)n2CCOc1c(C)cccc1C. The van der Waals surface area contributed by atoms with Crippen molar-refractivity contribution in [3.8, 4) is 11.5 Å². The zero-order valence-corrected chi connectivity index (χ0v) is 20.5. The molecule has 4 rings (SSSR count). The molecule has 0 unspecified atom stereocenters. The van der Waals surface area contributed by atoms with E-state index in [9.17, 15) is 4.79 Å². The molecule has 7 nitrogen and oxygen atoms in total. The number of hydrogen-bond donors (Lipinski definition) is 0. The third-order valence-electron chi connectivity index (χ3n) is 6.24. The summed E-state index contributed by atoms with van der Waals surface area (Å²) >= 11 is 0. The Hall–Kier alpha value is -3.06. The van der Waals surface area contributed by atoms with Crippen molar-refractivity contribution in [2.75, 3.05) is 32.9 Å². The van der Waals surface area contributed by atoms with Crippen LogP contribution >= 0.6 is 0 Å². The number of esters is 1. The minimum absolute atomic E-state index is 0.107. The maximum atomic E-state index is 11.7. The van der Waals surface area contributed by atoms with Crippen LogP contribution in [0, 0.1) is 13.8 Å². The topological polar surface area (TPSA) is 65.8 Å². The van der Waals surface area contributed by atoms with Crippen molar-refractivity contribution >= 4 is 17.0 Å². The van der Waals surface area contributed by atoms with Crippen LogP contribution < -0.4 is 9.47 Å². The summed E-state index contributed by atoms with van der Waals surface area (Å²) in [4.78, 5) is 19.1. The molecule has 2 aromatic carbocycles. The summed E-state index contributed by atoms with van der Waals surface area (Å²) in [5, 5.41) is 0. The number of aromatic nitrogens is 2. The third-order valence-corrected chi connectivity index (χ3v) is 6.24. The van der Waals surface area contributed by atoms with Crippen LogP contribution in [0.4, 0.5) is 0 Å². The van der Waals surface area contributed by atoms with Gasteiger partial charge in [0.2, 0.25) is 0 Å². The van der Waals surface area contributed by atoms with Crippen LogP contribution in [-0.4, -0.2) is 53.3 Å². The number of piperidine rings is 1. The van der Waals surface area contributed by atoms with Crippen molar-refractivity contribution in [3.05, 3.63) is 53.3 Å². The number of carbonyl (C=O) groups is 1. The molecule has 34 heavy (non-hydrogen) atoms. The first kappa shape index (κ1) is 24.1. The van der Waals surface area contributed by atoms with Crippen molar-refractivity contribution in [2.24, 2.45) is 0 Å². The van der Waals surface area contributed by atoms with Crippen LogP contribution in [0.3, 0.4) is 0 Å². The Morgan fingerprint density at radius 1 is 1.03 bits per heavy atom. The van der Waals surface area contributed by atoms with Gasteiger partial charge in [0.15, 0.2) is 6.61 Å². The molecule has 1 fully saturated rings. The van der Waals surface area contributed by atoms with Gasteiger partial charge in [0.1, 0.15) is 23.9 Å². The Morgan fingerprint density at radius 3 is 2.53 bits per heavy atom. The lowest BCUT2D eigenvalue weighted by Gasteiger charge is -2.26. The first-order valence-electron chi connectivity index (χ1n) is 12.2. The standard InChI is InChI=1S/C27H35N3O4/c1-4-32-26(31)19-34-22-11-12-24-23(17-22)28-25(18-29-13-6-5-7-14-29)30(24)15-16-33-27-20(2)9-8-10-21(27)3/h8-12,17H,4-7,13-16,18-19H2,1-3H3. The fourth-order valence-electron chi connectivity index (χ4n) is 4.55. The second-order valence-corrected chi connectivity index (χ2v) is 8.83. The number of aryl methyl sites for hydroxylation is 2. The van der Waals surface area contributed by atoms with Gasteiger partial charge in [0.05, 0.1) is 30.7 Å². The van der Waals surface area contributed by atoms with E-state index in [4.69, 9.17) is 19.2 Å². The van der Waals surface area contributed by atoms with E-state index >= 15 is 0 Å². The summed E-state index contributed by atoms with van der Waals surface area (Å²) in [6.07, 6.45) is 3.78. The predicted molar refractivity (Wildman–Crippen MR) is 132 cm³/mol. The molecule has 0 radical (unpaired) electrons. The number of benzene rings is 2. The van der Waals surface area contributed by atoms with Crippen LogP contribution in [0.15, 0.2) is 36.4 Å². The van der Waals surface area contributed by atoms with E-state index < -0.39 is 0 Å². The fourth-order valence-corrected chi connectivity index (χ4v) is 4.55. The lowest BCUT2D eigenvalue weighted by atomic mass is 10.1. The molecular formula is C27H35N3O4. The average Bonchev–Trinajstić information content (AvgIpc) is 3.16. The Morgan fingerprint density at radius 2 is 1.79 bits per heavy atom. The number of hydrogen-bond acceptors (Lipinski definition) is 6. The molecule has 0 bridgehead atoms. The molecule has 1 aliphatic heterocycles. The number of para-hydroxylation sites is 1. The van der Waals surface area contributed by atoms with Gasteiger partial charge in [-0.1, -0.05) is 24.6 Å². The molecule has 0 N–H and O–H groups in total. The molecule has 1 saturated heterocycles. The van der Waals surface area contributed by atoms with E-state index in [1.54, 1.807) is 6.92 Å². The molecule has 0 saturated carbocycles. The zero-order chi connectivity index (χ0) is 23.9. The summed E-state index contributed by atoms with van der Waals surface area (Å²) < 4.78 is 19.1. The second-order valence-electron chi connectivity index (χ2n) is 8.83. The number of nitrogens with zero attached hydrogens (tertiary/aromatic N) is 3. The highest BCUT2D eigenvalue weighted by Gasteiger charge is 2.17. The van der Waals surface area contributed by atoms with E-state index in [0.29, 0.717) is 25.5 Å². The molecule has 0 atom stereocenters. The summed E-state index contributed by atoms with van der Waals surface area (Å²) in [5.74, 6) is 2.23. The largest absolute Gasteiger partial charge is 0.491 e. The van der Waals surface area contributed by atoms with Gasteiger partial charge in [0, 0.05) is 6.07 Å². The lowest BCUT2D eigenvalue weighted by molar-refractivity contribution is -0.145. The normalized spacial score (nSPS) is 14.3. The Labute approximate surface area is 201 Å². The molecule has 182 valence electrons. The summed E-state index contributed by atoms with van der Waals surface area (Å²) in [7, 11) is 0. The van der Waals surface area contributed by atoms with Crippen LogP contribution in [0.25, 0.3) is 11.0 Å². The van der Waals surface area contributed by atoms with E-state index in [2.05, 4.69) is 41.5 Å². The molecular weight excluding hydrogens is 430 g/mol. The molecule has 2 heterocycles. The second kappa shape index (κ2) is 11.4. The number of rotatable bonds is 10. The average molecular weight is 466 g/mol. The van der Waals surface area contributed by atoms with E-state index in [1.807, 2.05) is 18.2 Å². The number of likely N-dealkylation sites (tertiary alicyclic amines) is 1. The molecule has 3 aromatic rings. The Kier molecular flexibility index (Phi) is 8.06. The molecule has 7 heteroatoms. The number of carbonyl (C=O) groups excluding carboxylic acids is 1. The minimum atomic E-state index is -0.373. The maximum Gasteiger partial charge on any atom is 0.344 e. The van der Waals surface area contributed by atoms with Gasteiger partial charge in [-0.25, -0.2) is 9.78 Å². The van der Waals surface area contributed by atoms with Gasteiger partial charge in [-0.15, -0.1) is 0 Å². The maximum absolute atomic E-state index is 11.7. The number of ether oxygens (including phenoxy) is 3. The van der Waals surface area contributed by atoms with Gasteiger partial charge < -0.3 is 18.8 Å². The molecule has 1 aliphatic rings. The van der Waals surface area contributed by atoms with Gasteiger partial charge in [-0.2, -0.15) is 0 Å². The fraction of sp³-hybridized carbons (Fsp3) is 0.481. The van der Waals surface area contributed by atoms with Crippen molar-refractivity contribution in [1.82, 2.24) is 14.5 Å². The predicted octanol–water partition coefficient (Wildman–Crippen LogP) is 4.66. The van der Waals surface area contributed by atoms with Crippen LogP contribution in [0.5, 0.6) is 11.5 Å². The highest BCUT2D eigenvalue weighted by Crippen LogP contribution is 2.25. The van der Waals surface area contributed by atoms with Gasteiger partial charge in [-0.3, -0.25) is 4.90 Å².